The first kappa shape index (κ1) is 29.8. The summed E-state index contributed by atoms with van der Waals surface area (Å²) in [6.07, 6.45) is 1.71. The molecule has 6 rings (SSSR count). The number of nitrogens with zero attached hydrogens (tertiary/aromatic N) is 2. The van der Waals surface area contributed by atoms with Crippen LogP contribution in [0.3, 0.4) is 0 Å². The number of aryl methyl sites for hydroxylation is 1. The minimum Gasteiger partial charge on any atom is -0.460 e. The van der Waals surface area contributed by atoms with E-state index in [1.807, 2.05) is 13.0 Å². The summed E-state index contributed by atoms with van der Waals surface area (Å²) < 4.78 is 27.3. The molecule has 2 aromatic heterocycles. The van der Waals surface area contributed by atoms with Gasteiger partial charge in [-0.1, -0.05) is 6.92 Å². The number of carbonyl (C=O) groups is 3. The summed E-state index contributed by atoms with van der Waals surface area (Å²) in [4.78, 5) is 56.2. The highest BCUT2D eigenvalue weighted by molar-refractivity contribution is 5.93. The third-order valence-electron chi connectivity index (χ3n) is 8.78. The number of carbonyl (C=O) groups excluding carboxylic acids is 3. The molecule has 0 radical (unpaired) electrons. The van der Waals surface area contributed by atoms with Crippen LogP contribution >= 0.6 is 0 Å². The SMILES string of the molecule is CCC1C(=O)OCc2c1cc1n(c2=O)Cc2c-1nc1cc(F)c(C)c3c1c2C(NC(=O)CCCNC(=O)OC(C)(C)C)CC3. The van der Waals surface area contributed by atoms with E-state index in [4.69, 9.17) is 14.5 Å². The van der Waals surface area contributed by atoms with E-state index in [-0.39, 0.29) is 55.4 Å². The van der Waals surface area contributed by atoms with Gasteiger partial charge in [-0.3, -0.25) is 14.4 Å². The average Bonchev–Trinajstić information content (AvgIpc) is 3.32. The molecule has 2 atom stereocenters. The molecule has 3 aliphatic rings. The summed E-state index contributed by atoms with van der Waals surface area (Å²) in [7, 11) is 0. The molecule has 0 fully saturated rings. The number of benzene rings is 1. The van der Waals surface area contributed by atoms with Gasteiger partial charge in [-0.25, -0.2) is 14.2 Å². The Hall–Kier alpha value is -4.28. The first-order valence-electron chi connectivity index (χ1n) is 15.2. The van der Waals surface area contributed by atoms with Crippen molar-refractivity contribution in [3.63, 3.8) is 0 Å². The van der Waals surface area contributed by atoms with Crippen molar-refractivity contribution in [2.45, 2.75) is 97.4 Å². The summed E-state index contributed by atoms with van der Waals surface area (Å²) in [6.45, 7) is 9.45. The summed E-state index contributed by atoms with van der Waals surface area (Å²) >= 11 is 0. The highest BCUT2D eigenvalue weighted by atomic mass is 19.1. The molecular weight excluding hydrogens is 567 g/mol. The molecule has 2 aliphatic heterocycles. The second-order valence-corrected chi connectivity index (χ2v) is 12.8. The van der Waals surface area contributed by atoms with Crippen LogP contribution in [-0.4, -0.2) is 39.7 Å². The van der Waals surface area contributed by atoms with Crippen LogP contribution in [0.1, 0.15) is 98.7 Å². The fourth-order valence-electron chi connectivity index (χ4n) is 6.74. The molecule has 0 saturated carbocycles. The van der Waals surface area contributed by atoms with Gasteiger partial charge in [0.1, 0.15) is 18.0 Å². The maximum atomic E-state index is 15.1. The highest BCUT2D eigenvalue weighted by Gasteiger charge is 2.37. The van der Waals surface area contributed by atoms with Crippen molar-refractivity contribution in [3.05, 3.63) is 61.7 Å². The van der Waals surface area contributed by atoms with E-state index in [1.54, 1.807) is 32.3 Å². The van der Waals surface area contributed by atoms with E-state index in [0.29, 0.717) is 59.3 Å². The number of nitrogens with one attached hydrogen (secondary N) is 2. The Morgan fingerprint density at radius 3 is 2.68 bits per heavy atom. The van der Waals surface area contributed by atoms with Crippen LogP contribution in [0.2, 0.25) is 0 Å². The molecule has 11 heteroatoms. The molecule has 10 nitrogen and oxygen atoms in total. The molecule has 0 spiro atoms. The standard InChI is InChI=1S/C33H37FN4O6/c1-6-17-19-12-25-29-20(14-38(25)30(40)21(19)15-43-31(17)41)28-23(10-9-18-16(2)22(34)13-24(37-29)27(18)28)36-26(39)8-7-11-35-32(42)44-33(3,4)5/h12-13,17,23H,6-11,14-15H2,1-5H3,(H,35,42)(H,36,39). The summed E-state index contributed by atoms with van der Waals surface area (Å²) in [5.41, 5.74) is 5.02. The number of alkyl carbamates (subject to hydrolysis) is 1. The molecule has 1 aliphatic carbocycles. The van der Waals surface area contributed by atoms with Gasteiger partial charge < -0.3 is 24.7 Å². The van der Waals surface area contributed by atoms with Gasteiger partial charge in [0.15, 0.2) is 0 Å². The maximum Gasteiger partial charge on any atom is 0.407 e. The number of fused-ring (bicyclic) bond motifs is 5. The lowest BCUT2D eigenvalue weighted by molar-refractivity contribution is -0.148. The zero-order chi connectivity index (χ0) is 31.5. The second kappa shape index (κ2) is 11.0. The van der Waals surface area contributed by atoms with Crippen molar-refractivity contribution < 1.29 is 28.2 Å². The number of esters is 1. The Bertz CT molecular complexity index is 1790. The van der Waals surface area contributed by atoms with Crippen molar-refractivity contribution in [1.82, 2.24) is 20.2 Å². The molecule has 3 aromatic rings. The predicted octanol–water partition coefficient (Wildman–Crippen LogP) is 4.83. The van der Waals surface area contributed by atoms with Crippen LogP contribution in [-0.2, 0) is 38.6 Å². The van der Waals surface area contributed by atoms with Gasteiger partial charge in [-0.2, -0.15) is 0 Å². The summed E-state index contributed by atoms with van der Waals surface area (Å²) in [5.74, 6) is -1.41. The van der Waals surface area contributed by atoms with Crippen molar-refractivity contribution >= 4 is 28.9 Å². The molecule has 44 heavy (non-hydrogen) atoms. The lowest BCUT2D eigenvalue weighted by Gasteiger charge is -2.30. The Labute approximate surface area is 254 Å². The normalized spacial score (nSPS) is 18.3. The number of amides is 2. The number of hydrogen-bond acceptors (Lipinski definition) is 7. The van der Waals surface area contributed by atoms with Crippen molar-refractivity contribution in [2.75, 3.05) is 6.54 Å². The Balaban J connectivity index is 1.34. The minimum absolute atomic E-state index is 0.0710. The zero-order valence-corrected chi connectivity index (χ0v) is 25.7. The van der Waals surface area contributed by atoms with E-state index in [2.05, 4.69) is 10.6 Å². The fraction of sp³-hybridized carbons (Fsp3) is 0.485. The summed E-state index contributed by atoms with van der Waals surface area (Å²) in [6, 6.07) is 2.92. The molecule has 0 bridgehead atoms. The van der Waals surface area contributed by atoms with Crippen LogP contribution < -0.4 is 16.2 Å². The van der Waals surface area contributed by atoms with Gasteiger partial charge in [-0.05, 0) is 81.7 Å². The van der Waals surface area contributed by atoms with Crippen LogP contribution in [0.25, 0.3) is 22.3 Å². The number of hydrogen-bond donors (Lipinski definition) is 2. The number of aromatic nitrogens is 2. The van der Waals surface area contributed by atoms with Crippen LogP contribution in [0.4, 0.5) is 9.18 Å². The van der Waals surface area contributed by atoms with E-state index < -0.39 is 17.6 Å². The van der Waals surface area contributed by atoms with Gasteiger partial charge in [0.25, 0.3) is 5.56 Å². The van der Waals surface area contributed by atoms with Gasteiger partial charge in [0, 0.05) is 30.0 Å². The van der Waals surface area contributed by atoms with E-state index in [0.717, 1.165) is 22.1 Å². The topological polar surface area (TPSA) is 129 Å². The minimum atomic E-state index is -0.608. The number of ether oxygens (including phenoxy) is 2. The fourth-order valence-corrected chi connectivity index (χ4v) is 6.74. The maximum absolute atomic E-state index is 15.1. The van der Waals surface area contributed by atoms with E-state index >= 15 is 4.39 Å². The lowest BCUT2D eigenvalue weighted by atomic mass is 9.81. The first-order chi connectivity index (χ1) is 20.9. The Morgan fingerprint density at radius 1 is 1.18 bits per heavy atom. The average molecular weight is 605 g/mol. The number of pyridine rings is 2. The second-order valence-electron chi connectivity index (χ2n) is 12.8. The Morgan fingerprint density at radius 2 is 1.95 bits per heavy atom. The zero-order valence-electron chi connectivity index (χ0n) is 25.7. The smallest absolute Gasteiger partial charge is 0.407 e. The summed E-state index contributed by atoms with van der Waals surface area (Å²) in [5, 5.41) is 6.67. The first-order valence-corrected chi connectivity index (χ1v) is 15.2. The molecule has 232 valence electrons. The van der Waals surface area contributed by atoms with Crippen molar-refractivity contribution in [3.8, 4) is 11.4 Å². The third-order valence-corrected chi connectivity index (χ3v) is 8.78. The molecule has 0 saturated heterocycles. The molecule has 2 amide bonds. The number of halogens is 1. The van der Waals surface area contributed by atoms with Crippen LogP contribution in [0.5, 0.6) is 0 Å². The van der Waals surface area contributed by atoms with Gasteiger partial charge in [0.05, 0.1) is 41.0 Å². The quantitative estimate of drug-likeness (QED) is 0.238. The molecular formula is C33H37FN4O6. The lowest BCUT2D eigenvalue weighted by Crippen LogP contribution is -2.34. The number of cyclic esters (lactones) is 1. The Kier molecular flexibility index (Phi) is 7.45. The van der Waals surface area contributed by atoms with Crippen LogP contribution in [0, 0.1) is 12.7 Å². The number of rotatable bonds is 6. The molecule has 2 N–H and O–H groups in total. The van der Waals surface area contributed by atoms with E-state index in [1.165, 1.54) is 6.07 Å². The third kappa shape index (κ3) is 5.11. The van der Waals surface area contributed by atoms with Gasteiger partial charge >= 0.3 is 12.1 Å². The van der Waals surface area contributed by atoms with Gasteiger partial charge in [-0.15, -0.1) is 0 Å². The van der Waals surface area contributed by atoms with E-state index in [9.17, 15) is 19.2 Å². The van der Waals surface area contributed by atoms with Crippen LogP contribution in [0.15, 0.2) is 16.9 Å². The largest absolute Gasteiger partial charge is 0.460 e. The monoisotopic (exact) mass is 604 g/mol. The molecule has 2 unspecified atom stereocenters. The van der Waals surface area contributed by atoms with Crippen molar-refractivity contribution in [1.29, 1.82) is 0 Å². The predicted molar refractivity (Wildman–Crippen MR) is 161 cm³/mol. The van der Waals surface area contributed by atoms with Crippen molar-refractivity contribution in [2.24, 2.45) is 0 Å². The molecule has 1 aromatic carbocycles. The van der Waals surface area contributed by atoms with Gasteiger partial charge in [0.2, 0.25) is 5.91 Å². The molecule has 4 heterocycles. The highest BCUT2D eigenvalue weighted by Crippen LogP contribution is 2.45.